The van der Waals surface area contributed by atoms with Crippen LogP contribution in [0, 0.1) is 6.92 Å². The average molecular weight is 398 g/mol. The van der Waals surface area contributed by atoms with Gasteiger partial charge in [0.1, 0.15) is 24.0 Å². The number of rotatable bonds is 8. The number of hydrogen-bond acceptors (Lipinski definition) is 6. The van der Waals surface area contributed by atoms with Crippen LogP contribution >= 0.6 is 0 Å². The van der Waals surface area contributed by atoms with Crippen LogP contribution in [0.25, 0.3) is 0 Å². The molecule has 29 heavy (non-hydrogen) atoms. The number of amides is 1. The number of benzene rings is 1. The summed E-state index contributed by atoms with van der Waals surface area (Å²) in [5.74, 6) is 3.04. The number of anilines is 1. The summed E-state index contributed by atoms with van der Waals surface area (Å²) in [5, 5.41) is 2.93. The Hall–Kier alpha value is -2.67. The van der Waals surface area contributed by atoms with E-state index in [2.05, 4.69) is 33.9 Å². The van der Waals surface area contributed by atoms with E-state index in [1.807, 2.05) is 43.3 Å². The third kappa shape index (κ3) is 6.42. The van der Waals surface area contributed by atoms with Crippen LogP contribution in [0.4, 0.5) is 5.82 Å². The molecular weight excluding hydrogens is 366 g/mol. The maximum absolute atomic E-state index is 12.2. The lowest BCUT2D eigenvalue weighted by molar-refractivity contribution is -0.122. The molecule has 1 aromatic carbocycles. The Morgan fingerprint density at radius 3 is 2.55 bits per heavy atom. The molecule has 1 aromatic heterocycles. The van der Waals surface area contributed by atoms with Crippen molar-refractivity contribution < 1.29 is 9.53 Å². The summed E-state index contributed by atoms with van der Waals surface area (Å²) in [7, 11) is 0. The van der Waals surface area contributed by atoms with Gasteiger partial charge >= 0.3 is 0 Å². The average Bonchev–Trinajstić information content (AvgIpc) is 2.72. The van der Waals surface area contributed by atoms with Gasteiger partial charge in [0.25, 0.3) is 0 Å². The number of piperazine rings is 1. The fraction of sp³-hybridized carbons (Fsp3) is 0.500. The van der Waals surface area contributed by atoms with Crippen molar-refractivity contribution in [1.29, 1.82) is 0 Å². The molecule has 0 aliphatic carbocycles. The monoisotopic (exact) mass is 397 g/mol. The largest absolute Gasteiger partial charge is 0.492 e. The third-order valence-corrected chi connectivity index (χ3v) is 4.87. The number of nitrogens with zero attached hydrogens (tertiary/aromatic N) is 4. The second-order valence-corrected chi connectivity index (χ2v) is 7.66. The predicted octanol–water partition coefficient (Wildman–Crippen LogP) is 2.23. The van der Waals surface area contributed by atoms with Gasteiger partial charge in [-0.3, -0.25) is 9.69 Å². The highest BCUT2D eigenvalue weighted by atomic mass is 16.5. The maximum atomic E-state index is 12.2. The minimum absolute atomic E-state index is 0.0371. The Bertz CT molecular complexity index is 789. The molecule has 0 spiro atoms. The highest BCUT2D eigenvalue weighted by Crippen LogP contribution is 2.18. The van der Waals surface area contributed by atoms with Crippen molar-refractivity contribution >= 4 is 11.7 Å². The first kappa shape index (κ1) is 21.0. The number of aryl methyl sites for hydroxylation is 1. The number of ether oxygens (including phenoxy) is 1. The minimum atomic E-state index is 0.0371. The Kier molecular flexibility index (Phi) is 7.41. The standard InChI is InChI=1S/C22H31N5O2/c1-17(2)22-24-18(3)15-20(25-22)27-12-10-26(11-13-27)16-21(28)23-9-14-29-19-7-5-4-6-8-19/h4-8,15,17H,9-14,16H2,1-3H3,(H,23,28). The van der Waals surface area contributed by atoms with Gasteiger partial charge in [0.15, 0.2) is 0 Å². The molecule has 1 saturated heterocycles. The summed E-state index contributed by atoms with van der Waals surface area (Å²) in [6, 6.07) is 11.7. The summed E-state index contributed by atoms with van der Waals surface area (Å²) in [6.45, 7) is 11.0. The summed E-state index contributed by atoms with van der Waals surface area (Å²) in [5.41, 5.74) is 0.998. The minimum Gasteiger partial charge on any atom is -0.492 e. The van der Waals surface area contributed by atoms with Gasteiger partial charge in [-0.25, -0.2) is 9.97 Å². The van der Waals surface area contributed by atoms with Crippen molar-refractivity contribution in [2.45, 2.75) is 26.7 Å². The van der Waals surface area contributed by atoms with E-state index < -0.39 is 0 Å². The van der Waals surface area contributed by atoms with Gasteiger partial charge in [-0.05, 0) is 19.1 Å². The second kappa shape index (κ2) is 10.2. The van der Waals surface area contributed by atoms with E-state index in [9.17, 15) is 4.79 Å². The molecule has 7 heteroatoms. The van der Waals surface area contributed by atoms with Crippen LogP contribution in [-0.2, 0) is 4.79 Å². The number of carbonyl (C=O) groups is 1. The van der Waals surface area contributed by atoms with Crippen molar-refractivity contribution in [3.63, 3.8) is 0 Å². The predicted molar refractivity (Wildman–Crippen MR) is 114 cm³/mol. The van der Waals surface area contributed by atoms with E-state index in [4.69, 9.17) is 9.72 Å². The van der Waals surface area contributed by atoms with Crippen molar-refractivity contribution in [2.75, 3.05) is 50.8 Å². The zero-order valence-corrected chi connectivity index (χ0v) is 17.6. The van der Waals surface area contributed by atoms with E-state index >= 15 is 0 Å². The van der Waals surface area contributed by atoms with Crippen LogP contribution in [0.3, 0.4) is 0 Å². The summed E-state index contributed by atoms with van der Waals surface area (Å²) in [4.78, 5) is 25.9. The van der Waals surface area contributed by atoms with Gasteiger partial charge in [-0.2, -0.15) is 0 Å². The van der Waals surface area contributed by atoms with Crippen molar-refractivity contribution in [1.82, 2.24) is 20.2 Å². The molecule has 0 unspecified atom stereocenters. The fourth-order valence-corrected chi connectivity index (χ4v) is 3.26. The molecule has 0 bridgehead atoms. The molecule has 1 aliphatic heterocycles. The van der Waals surface area contributed by atoms with E-state index in [0.29, 0.717) is 25.6 Å². The van der Waals surface area contributed by atoms with Gasteiger partial charge < -0.3 is 15.0 Å². The normalized spacial score (nSPS) is 14.8. The number of nitrogens with one attached hydrogen (secondary N) is 1. The van der Waals surface area contributed by atoms with Crippen LogP contribution in [0.2, 0.25) is 0 Å². The molecule has 2 aromatic rings. The Morgan fingerprint density at radius 2 is 1.86 bits per heavy atom. The third-order valence-electron chi connectivity index (χ3n) is 4.87. The lowest BCUT2D eigenvalue weighted by atomic mass is 10.2. The summed E-state index contributed by atoms with van der Waals surface area (Å²) < 4.78 is 5.60. The maximum Gasteiger partial charge on any atom is 0.234 e. The molecule has 1 fully saturated rings. The highest BCUT2D eigenvalue weighted by Gasteiger charge is 2.21. The van der Waals surface area contributed by atoms with E-state index in [0.717, 1.165) is 49.3 Å². The molecule has 0 atom stereocenters. The highest BCUT2D eigenvalue weighted by molar-refractivity contribution is 5.78. The lowest BCUT2D eigenvalue weighted by Gasteiger charge is -2.35. The number of aromatic nitrogens is 2. The zero-order chi connectivity index (χ0) is 20.6. The van der Waals surface area contributed by atoms with Gasteiger partial charge in [-0.1, -0.05) is 32.0 Å². The van der Waals surface area contributed by atoms with Gasteiger partial charge in [0.2, 0.25) is 5.91 Å². The Balaban J connectivity index is 1.39. The lowest BCUT2D eigenvalue weighted by Crippen LogP contribution is -2.50. The van der Waals surface area contributed by atoms with Crippen LogP contribution in [0.5, 0.6) is 5.75 Å². The topological polar surface area (TPSA) is 70.6 Å². The SMILES string of the molecule is Cc1cc(N2CCN(CC(=O)NCCOc3ccccc3)CC2)nc(C(C)C)n1. The molecule has 1 amide bonds. The van der Waals surface area contributed by atoms with E-state index in [1.165, 1.54) is 0 Å². The molecule has 7 nitrogen and oxygen atoms in total. The molecule has 0 saturated carbocycles. The number of para-hydroxylation sites is 1. The number of carbonyl (C=O) groups excluding carboxylic acids is 1. The second-order valence-electron chi connectivity index (χ2n) is 7.66. The number of hydrogen-bond donors (Lipinski definition) is 1. The first-order valence-corrected chi connectivity index (χ1v) is 10.3. The Morgan fingerprint density at radius 1 is 1.14 bits per heavy atom. The van der Waals surface area contributed by atoms with Gasteiger partial charge in [0.05, 0.1) is 13.1 Å². The first-order chi connectivity index (χ1) is 14.0. The Labute approximate surface area is 173 Å². The van der Waals surface area contributed by atoms with Gasteiger partial charge in [-0.15, -0.1) is 0 Å². The van der Waals surface area contributed by atoms with Crippen LogP contribution < -0.4 is 15.0 Å². The zero-order valence-electron chi connectivity index (χ0n) is 17.6. The fourth-order valence-electron chi connectivity index (χ4n) is 3.26. The van der Waals surface area contributed by atoms with Crippen LogP contribution in [0.15, 0.2) is 36.4 Å². The molecule has 0 radical (unpaired) electrons. The first-order valence-electron chi connectivity index (χ1n) is 10.3. The molecule has 2 heterocycles. The van der Waals surface area contributed by atoms with Crippen LogP contribution in [0.1, 0.15) is 31.3 Å². The van der Waals surface area contributed by atoms with Crippen molar-refractivity contribution in [3.8, 4) is 5.75 Å². The molecular formula is C22H31N5O2. The molecule has 3 rings (SSSR count). The van der Waals surface area contributed by atoms with Crippen LogP contribution in [-0.4, -0.2) is 66.7 Å². The molecule has 156 valence electrons. The van der Waals surface area contributed by atoms with E-state index in [-0.39, 0.29) is 5.91 Å². The smallest absolute Gasteiger partial charge is 0.234 e. The van der Waals surface area contributed by atoms with E-state index in [1.54, 1.807) is 0 Å². The summed E-state index contributed by atoms with van der Waals surface area (Å²) >= 11 is 0. The molecule has 1 N–H and O–H groups in total. The van der Waals surface area contributed by atoms with Crippen molar-refractivity contribution in [3.05, 3.63) is 47.9 Å². The quantitative estimate of drug-likeness (QED) is 0.689. The van der Waals surface area contributed by atoms with Gasteiger partial charge in [0, 0.05) is 43.9 Å². The summed E-state index contributed by atoms with van der Waals surface area (Å²) in [6.07, 6.45) is 0. The van der Waals surface area contributed by atoms with Crippen molar-refractivity contribution in [2.24, 2.45) is 0 Å². The molecule has 1 aliphatic rings.